The van der Waals surface area contributed by atoms with E-state index < -0.39 is 5.79 Å². The van der Waals surface area contributed by atoms with Gasteiger partial charge in [0.25, 0.3) is 5.79 Å². The molecular weight excluding hydrogens is 466 g/mol. The zero-order valence-corrected chi connectivity index (χ0v) is 25.6. The highest BCUT2D eigenvalue weighted by atomic mass is 31.1. The van der Waals surface area contributed by atoms with E-state index >= 15 is 0 Å². The first-order chi connectivity index (χ1) is 16.4. The van der Waals surface area contributed by atoms with Gasteiger partial charge in [0, 0.05) is 45.4 Å². The molecule has 0 unspecified atom stereocenters. The quantitative estimate of drug-likeness (QED) is 0.364. The Labute approximate surface area is 217 Å². The maximum atomic E-state index is 7.19. The first-order valence-corrected chi connectivity index (χ1v) is 17.0. The summed E-state index contributed by atoms with van der Waals surface area (Å²) in [5.74, 6) is 1.62. The molecule has 0 saturated heterocycles. The molecule has 0 radical (unpaired) electrons. The highest BCUT2D eigenvalue weighted by Crippen LogP contribution is 2.56. The molecule has 0 bridgehead atoms. The summed E-state index contributed by atoms with van der Waals surface area (Å²) >= 11 is 0. The van der Waals surface area contributed by atoms with Crippen LogP contribution in [0.1, 0.15) is 90.5 Å². The average molecular weight is 513 g/mol. The van der Waals surface area contributed by atoms with Crippen LogP contribution in [0, 0.1) is 13.8 Å². The normalized spacial score (nSPS) is 19.3. The van der Waals surface area contributed by atoms with Crippen molar-refractivity contribution < 1.29 is 9.47 Å². The van der Waals surface area contributed by atoms with Gasteiger partial charge in [-0.3, -0.25) is 0 Å². The Hall–Kier alpha value is -1.10. The summed E-state index contributed by atoms with van der Waals surface area (Å²) in [5.41, 5.74) is 5.41. The first-order valence-electron chi connectivity index (χ1n) is 13.6. The van der Waals surface area contributed by atoms with Crippen molar-refractivity contribution in [1.82, 2.24) is 0 Å². The third kappa shape index (κ3) is 4.80. The fourth-order valence-electron chi connectivity index (χ4n) is 6.46. The van der Waals surface area contributed by atoms with Gasteiger partial charge in [0.05, 0.1) is 0 Å². The number of aryl methyl sites for hydroxylation is 2. The number of benzene rings is 2. The summed E-state index contributed by atoms with van der Waals surface area (Å²) in [7, 11) is -0.483. The Morgan fingerprint density at radius 2 is 0.971 bits per heavy atom. The fourth-order valence-corrected chi connectivity index (χ4v) is 10.4. The first kappa shape index (κ1) is 26.9. The van der Waals surface area contributed by atoms with Crippen molar-refractivity contribution in [3.63, 3.8) is 0 Å². The molecule has 0 N–H and O–H groups in total. The van der Waals surface area contributed by atoms with Gasteiger partial charge in [0.2, 0.25) is 0 Å². The van der Waals surface area contributed by atoms with Crippen LogP contribution in [-0.2, 0) is 10.8 Å². The molecule has 192 valence electrons. The molecule has 0 aliphatic carbocycles. The Morgan fingerprint density at radius 3 is 1.29 bits per heavy atom. The van der Waals surface area contributed by atoms with E-state index in [0.29, 0.717) is 0 Å². The molecule has 2 aromatic carbocycles. The lowest BCUT2D eigenvalue weighted by Crippen LogP contribution is -2.57. The standard InChI is InChI=1S/C31H46O2P2/c1-11-34(12-2)25-17-21(5)15-23-27(25)32-31(19-29(23,7)8)20-30(9,10)24-16-22(6)18-26(28(24)33-31)35(13-3)14-4/h15-18H,11-14,19-20H2,1-10H3. The van der Waals surface area contributed by atoms with Crippen LogP contribution in [0.25, 0.3) is 0 Å². The smallest absolute Gasteiger partial charge is 0.253 e. The van der Waals surface area contributed by atoms with Crippen molar-refractivity contribution >= 4 is 26.5 Å². The maximum absolute atomic E-state index is 7.19. The zero-order valence-electron chi connectivity index (χ0n) is 23.8. The minimum Gasteiger partial charge on any atom is -0.451 e. The number of fused-ring (bicyclic) bond motifs is 2. The molecule has 4 heteroatoms. The highest BCUT2D eigenvalue weighted by molar-refractivity contribution is 7.66. The van der Waals surface area contributed by atoms with Crippen molar-refractivity contribution in [3.05, 3.63) is 46.5 Å². The predicted octanol–water partition coefficient (Wildman–Crippen LogP) is 8.11. The van der Waals surface area contributed by atoms with E-state index in [9.17, 15) is 0 Å². The molecule has 0 saturated carbocycles. The summed E-state index contributed by atoms with van der Waals surface area (Å²) < 4.78 is 14.4. The molecular formula is C31H46O2P2. The Bertz CT molecular complexity index is 1010. The van der Waals surface area contributed by atoms with E-state index in [1.54, 1.807) is 0 Å². The van der Waals surface area contributed by atoms with E-state index in [1.807, 2.05) is 0 Å². The number of hydrogen-bond donors (Lipinski definition) is 0. The second-order valence-electron chi connectivity index (χ2n) is 11.9. The Balaban J connectivity index is 1.91. The van der Waals surface area contributed by atoms with E-state index in [1.165, 1.54) is 57.5 Å². The van der Waals surface area contributed by atoms with Gasteiger partial charge in [-0.1, -0.05) is 83.4 Å². The Kier molecular flexibility index (Phi) is 7.43. The second-order valence-corrected chi connectivity index (χ2v) is 17.6. The topological polar surface area (TPSA) is 18.5 Å². The molecule has 2 aliphatic rings. The number of rotatable bonds is 6. The van der Waals surface area contributed by atoms with E-state index in [2.05, 4.69) is 93.5 Å². The average Bonchev–Trinajstić information content (AvgIpc) is 2.76. The SMILES string of the molecule is CCP(CC)c1cc(C)cc2c1OC1(CC2(C)C)CC(C)(C)c2cc(C)cc(P(CC)CC)c2O1. The second kappa shape index (κ2) is 9.65. The molecule has 0 fully saturated rings. The van der Waals surface area contributed by atoms with Crippen LogP contribution in [0.5, 0.6) is 11.5 Å². The van der Waals surface area contributed by atoms with Crippen LogP contribution >= 0.6 is 15.8 Å². The van der Waals surface area contributed by atoms with Gasteiger partial charge in [-0.2, -0.15) is 0 Å². The van der Waals surface area contributed by atoms with Crippen LogP contribution in [-0.4, -0.2) is 30.4 Å². The molecule has 1 spiro atoms. The minimum atomic E-state index is -0.633. The molecule has 2 nitrogen and oxygen atoms in total. The lowest BCUT2D eigenvalue weighted by atomic mass is 9.69. The zero-order chi connectivity index (χ0) is 25.8. The van der Waals surface area contributed by atoms with Gasteiger partial charge < -0.3 is 9.47 Å². The third-order valence-electron chi connectivity index (χ3n) is 8.09. The van der Waals surface area contributed by atoms with Crippen molar-refractivity contribution in [2.75, 3.05) is 24.6 Å². The lowest BCUT2D eigenvalue weighted by Gasteiger charge is -2.52. The number of ether oxygens (including phenoxy) is 2. The summed E-state index contributed by atoms with van der Waals surface area (Å²) in [6.07, 6.45) is 6.50. The van der Waals surface area contributed by atoms with Gasteiger partial charge in [0.15, 0.2) is 0 Å². The molecule has 0 aromatic heterocycles. The van der Waals surface area contributed by atoms with Crippen LogP contribution < -0.4 is 20.1 Å². The van der Waals surface area contributed by atoms with E-state index in [0.717, 1.165) is 24.3 Å². The van der Waals surface area contributed by atoms with Gasteiger partial charge in [-0.05, 0) is 61.8 Å². The largest absolute Gasteiger partial charge is 0.451 e. The molecule has 0 amide bonds. The van der Waals surface area contributed by atoms with Crippen molar-refractivity contribution in [1.29, 1.82) is 0 Å². The van der Waals surface area contributed by atoms with Gasteiger partial charge >= 0.3 is 0 Å². The van der Waals surface area contributed by atoms with Crippen LogP contribution in [0.2, 0.25) is 0 Å². The Morgan fingerprint density at radius 1 is 0.629 bits per heavy atom. The minimum absolute atomic E-state index is 0.0183. The third-order valence-corrected chi connectivity index (χ3v) is 13.2. The molecule has 2 heterocycles. The monoisotopic (exact) mass is 512 g/mol. The summed E-state index contributed by atoms with van der Waals surface area (Å²) in [6, 6.07) is 9.54. The fraction of sp³-hybridized carbons (Fsp3) is 0.613. The summed E-state index contributed by atoms with van der Waals surface area (Å²) in [4.78, 5) is 0. The summed E-state index contributed by atoms with van der Waals surface area (Å²) in [5, 5.41) is 2.88. The van der Waals surface area contributed by atoms with Gasteiger partial charge in [-0.15, -0.1) is 0 Å². The van der Waals surface area contributed by atoms with Gasteiger partial charge in [-0.25, -0.2) is 0 Å². The van der Waals surface area contributed by atoms with Crippen LogP contribution in [0.15, 0.2) is 24.3 Å². The van der Waals surface area contributed by atoms with Crippen LogP contribution in [0.4, 0.5) is 0 Å². The highest BCUT2D eigenvalue weighted by Gasteiger charge is 2.54. The lowest BCUT2D eigenvalue weighted by molar-refractivity contribution is -0.165. The molecule has 4 rings (SSSR count). The van der Waals surface area contributed by atoms with E-state index in [-0.39, 0.29) is 26.7 Å². The van der Waals surface area contributed by atoms with Gasteiger partial charge in [0.1, 0.15) is 11.5 Å². The van der Waals surface area contributed by atoms with Crippen LogP contribution in [0.3, 0.4) is 0 Å². The molecule has 0 atom stereocenters. The van der Waals surface area contributed by atoms with E-state index in [4.69, 9.17) is 9.47 Å². The predicted molar refractivity (Wildman–Crippen MR) is 157 cm³/mol. The number of hydrogen-bond acceptors (Lipinski definition) is 2. The van der Waals surface area contributed by atoms with Crippen molar-refractivity contribution in [2.24, 2.45) is 0 Å². The maximum Gasteiger partial charge on any atom is 0.253 e. The van der Waals surface area contributed by atoms with Crippen molar-refractivity contribution in [3.8, 4) is 11.5 Å². The molecule has 2 aliphatic heterocycles. The summed E-state index contributed by atoms with van der Waals surface area (Å²) in [6.45, 7) is 23.4. The molecule has 35 heavy (non-hydrogen) atoms. The van der Waals surface area contributed by atoms with Crippen molar-refractivity contribution in [2.45, 2.75) is 98.7 Å². The molecule has 2 aromatic rings.